The molecule has 0 radical (unpaired) electrons. The lowest BCUT2D eigenvalue weighted by molar-refractivity contribution is 0.268. The maximum absolute atomic E-state index is 12.8. The minimum Gasteiger partial charge on any atom is -0.264 e. The standard InChI is InChI=1S/C17H20N2O2S/c1-14-5-2-3-12-19(14)22(20,21)17-9-7-15(8-10-17)16-6-4-11-18-13-16/h4,6-11,13-14H,2-3,5,12H2,1H3. The van der Waals surface area contributed by atoms with E-state index in [-0.39, 0.29) is 6.04 Å². The molecule has 1 aromatic carbocycles. The number of benzene rings is 1. The van der Waals surface area contributed by atoms with Crippen molar-refractivity contribution in [1.82, 2.24) is 9.29 Å². The fourth-order valence-electron chi connectivity index (χ4n) is 2.92. The van der Waals surface area contributed by atoms with Crippen molar-refractivity contribution in [3.05, 3.63) is 48.8 Å². The van der Waals surface area contributed by atoms with Crippen molar-refractivity contribution in [2.45, 2.75) is 37.1 Å². The lowest BCUT2D eigenvalue weighted by Gasteiger charge is -2.32. The van der Waals surface area contributed by atoms with Crippen LogP contribution >= 0.6 is 0 Å². The minimum atomic E-state index is -3.39. The molecule has 0 bridgehead atoms. The van der Waals surface area contributed by atoms with Gasteiger partial charge >= 0.3 is 0 Å². The average molecular weight is 316 g/mol. The zero-order chi connectivity index (χ0) is 15.6. The van der Waals surface area contributed by atoms with Crippen LogP contribution in [0.5, 0.6) is 0 Å². The molecule has 1 aliphatic rings. The molecule has 0 saturated carbocycles. The Morgan fingerprint density at radius 3 is 2.50 bits per heavy atom. The van der Waals surface area contributed by atoms with E-state index >= 15 is 0 Å². The first-order chi connectivity index (χ1) is 10.6. The Bertz CT molecular complexity index is 727. The predicted molar refractivity (Wildman–Crippen MR) is 86.9 cm³/mol. The van der Waals surface area contributed by atoms with Crippen molar-refractivity contribution in [1.29, 1.82) is 0 Å². The molecular weight excluding hydrogens is 296 g/mol. The van der Waals surface area contributed by atoms with Crippen molar-refractivity contribution in [2.75, 3.05) is 6.54 Å². The van der Waals surface area contributed by atoms with Crippen LogP contribution in [-0.2, 0) is 10.0 Å². The van der Waals surface area contributed by atoms with Crippen LogP contribution in [0, 0.1) is 0 Å². The SMILES string of the molecule is CC1CCCCN1S(=O)(=O)c1ccc(-c2cccnc2)cc1. The Kier molecular flexibility index (Phi) is 4.27. The number of nitrogens with zero attached hydrogens (tertiary/aromatic N) is 2. The van der Waals surface area contributed by atoms with Gasteiger partial charge in [-0.05, 0) is 49.1 Å². The molecule has 1 fully saturated rings. The Morgan fingerprint density at radius 2 is 1.86 bits per heavy atom. The highest BCUT2D eigenvalue weighted by Gasteiger charge is 2.30. The van der Waals surface area contributed by atoms with Gasteiger partial charge in [-0.25, -0.2) is 8.42 Å². The first-order valence-electron chi connectivity index (χ1n) is 7.61. The Balaban J connectivity index is 1.89. The topological polar surface area (TPSA) is 50.3 Å². The lowest BCUT2D eigenvalue weighted by atomic mass is 10.1. The summed E-state index contributed by atoms with van der Waals surface area (Å²) in [5, 5.41) is 0. The molecule has 3 rings (SSSR count). The molecule has 1 aromatic heterocycles. The summed E-state index contributed by atoms with van der Waals surface area (Å²) in [6.07, 6.45) is 6.48. The van der Waals surface area contributed by atoms with E-state index in [2.05, 4.69) is 4.98 Å². The molecule has 116 valence electrons. The predicted octanol–water partition coefficient (Wildman–Crippen LogP) is 3.31. The van der Waals surface area contributed by atoms with E-state index < -0.39 is 10.0 Å². The summed E-state index contributed by atoms with van der Waals surface area (Å²) in [5.41, 5.74) is 1.96. The van der Waals surface area contributed by atoms with E-state index in [0.29, 0.717) is 11.4 Å². The third-order valence-electron chi connectivity index (χ3n) is 4.20. The molecule has 22 heavy (non-hydrogen) atoms. The highest BCUT2D eigenvalue weighted by molar-refractivity contribution is 7.89. The first kappa shape index (κ1) is 15.2. The third-order valence-corrected chi connectivity index (χ3v) is 6.23. The molecule has 2 heterocycles. The molecule has 5 heteroatoms. The fourth-order valence-corrected chi connectivity index (χ4v) is 4.62. The number of pyridine rings is 1. The van der Waals surface area contributed by atoms with Gasteiger partial charge in [0.2, 0.25) is 10.0 Å². The molecule has 4 nitrogen and oxygen atoms in total. The van der Waals surface area contributed by atoms with Crippen molar-refractivity contribution >= 4 is 10.0 Å². The molecule has 0 aliphatic carbocycles. The number of rotatable bonds is 3. The molecule has 0 spiro atoms. The summed E-state index contributed by atoms with van der Waals surface area (Å²) in [6, 6.07) is 11.0. The second-order valence-corrected chi connectivity index (χ2v) is 7.62. The van der Waals surface area contributed by atoms with Crippen LogP contribution in [-0.4, -0.2) is 30.3 Å². The van der Waals surface area contributed by atoms with Gasteiger partial charge in [0.05, 0.1) is 4.90 Å². The second-order valence-electron chi connectivity index (χ2n) is 5.73. The number of sulfonamides is 1. The average Bonchev–Trinajstić information content (AvgIpc) is 2.56. The fraction of sp³-hybridized carbons (Fsp3) is 0.353. The zero-order valence-corrected chi connectivity index (χ0v) is 13.5. The van der Waals surface area contributed by atoms with Crippen LogP contribution in [0.25, 0.3) is 11.1 Å². The van der Waals surface area contributed by atoms with Gasteiger partial charge in [0.15, 0.2) is 0 Å². The van der Waals surface area contributed by atoms with Gasteiger partial charge in [-0.15, -0.1) is 0 Å². The van der Waals surface area contributed by atoms with Crippen molar-refractivity contribution in [3.63, 3.8) is 0 Å². The summed E-state index contributed by atoms with van der Waals surface area (Å²) in [7, 11) is -3.39. The smallest absolute Gasteiger partial charge is 0.243 e. The zero-order valence-electron chi connectivity index (χ0n) is 12.6. The van der Waals surface area contributed by atoms with Crippen LogP contribution in [0.3, 0.4) is 0 Å². The van der Waals surface area contributed by atoms with E-state index in [1.807, 2.05) is 31.2 Å². The van der Waals surface area contributed by atoms with Gasteiger partial charge < -0.3 is 0 Å². The summed E-state index contributed by atoms with van der Waals surface area (Å²) in [6.45, 7) is 2.61. The van der Waals surface area contributed by atoms with Crippen LogP contribution in [0.15, 0.2) is 53.7 Å². The van der Waals surface area contributed by atoms with Gasteiger partial charge in [0.25, 0.3) is 0 Å². The molecule has 2 aromatic rings. The van der Waals surface area contributed by atoms with Gasteiger partial charge in [-0.1, -0.05) is 24.6 Å². The molecule has 1 unspecified atom stereocenters. The van der Waals surface area contributed by atoms with Gasteiger partial charge in [0, 0.05) is 25.0 Å². The van der Waals surface area contributed by atoms with E-state index in [0.717, 1.165) is 30.4 Å². The maximum atomic E-state index is 12.8. The number of piperidine rings is 1. The first-order valence-corrected chi connectivity index (χ1v) is 9.05. The Morgan fingerprint density at radius 1 is 1.09 bits per heavy atom. The molecule has 0 amide bonds. The summed E-state index contributed by atoms with van der Waals surface area (Å²) in [4.78, 5) is 4.46. The lowest BCUT2D eigenvalue weighted by Crippen LogP contribution is -2.41. The maximum Gasteiger partial charge on any atom is 0.243 e. The quantitative estimate of drug-likeness (QED) is 0.873. The van der Waals surface area contributed by atoms with Crippen LogP contribution in [0.4, 0.5) is 0 Å². The monoisotopic (exact) mass is 316 g/mol. The largest absolute Gasteiger partial charge is 0.264 e. The van der Waals surface area contributed by atoms with Gasteiger partial charge in [-0.3, -0.25) is 4.98 Å². The normalized spacial score (nSPS) is 20.0. The van der Waals surface area contributed by atoms with E-state index in [1.54, 1.807) is 28.8 Å². The highest BCUT2D eigenvalue weighted by atomic mass is 32.2. The second kappa shape index (κ2) is 6.18. The van der Waals surface area contributed by atoms with Crippen LogP contribution < -0.4 is 0 Å². The molecule has 1 atom stereocenters. The molecule has 1 aliphatic heterocycles. The van der Waals surface area contributed by atoms with E-state index in [4.69, 9.17) is 0 Å². The van der Waals surface area contributed by atoms with Gasteiger partial charge in [-0.2, -0.15) is 4.31 Å². The molecular formula is C17H20N2O2S. The van der Waals surface area contributed by atoms with E-state index in [9.17, 15) is 8.42 Å². The van der Waals surface area contributed by atoms with Crippen LogP contribution in [0.2, 0.25) is 0 Å². The van der Waals surface area contributed by atoms with Gasteiger partial charge in [0.1, 0.15) is 0 Å². The van der Waals surface area contributed by atoms with Crippen molar-refractivity contribution in [3.8, 4) is 11.1 Å². The number of hydrogen-bond donors (Lipinski definition) is 0. The molecule has 1 saturated heterocycles. The Hall–Kier alpha value is -1.72. The van der Waals surface area contributed by atoms with E-state index in [1.165, 1.54) is 0 Å². The highest BCUT2D eigenvalue weighted by Crippen LogP contribution is 2.27. The van der Waals surface area contributed by atoms with Crippen LogP contribution in [0.1, 0.15) is 26.2 Å². The Labute approximate surface area is 131 Å². The summed E-state index contributed by atoms with van der Waals surface area (Å²) < 4.78 is 27.2. The third kappa shape index (κ3) is 2.91. The number of hydrogen-bond acceptors (Lipinski definition) is 3. The molecule has 0 N–H and O–H groups in total. The van der Waals surface area contributed by atoms with Crippen molar-refractivity contribution in [2.24, 2.45) is 0 Å². The van der Waals surface area contributed by atoms with Crippen molar-refractivity contribution < 1.29 is 8.42 Å². The number of aromatic nitrogens is 1. The summed E-state index contributed by atoms with van der Waals surface area (Å²) in [5.74, 6) is 0. The minimum absolute atomic E-state index is 0.0803. The summed E-state index contributed by atoms with van der Waals surface area (Å²) >= 11 is 0.